The maximum Gasteiger partial charge on any atom is 0.234 e. The minimum atomic E-state index is -0.301. The van der Waals surface area contributed by atoms with Crippen LogP contribution in [0.1, 0.15) is 31.4 Å². The number of carbonyl (C=O) groups excluding carboxylic acids is 1. The second kappa shape index (κ2) is 7.07. The van der Waals surface area contributed by atoms with E-state index in [1.165, 1.54) is 0 Å². The van der Waals surface area contributed by atoms with E-state index in [0.717, 1.165) is 24.9 Å². The minimum absolute atomic E-state index is 0.0125. The molecule has 5 heteroatoms. The standard InChI is InChI=1S/C15H21ClN2O2/c1-11(12-4-6-13(16)7-5-12)17-15(20)10-18-8-2-3-14(19)9-18/h4-7,11,14,19H,2-3,8-10H2,1H3,(H,17,20). The molecular formula is C15H21ClN2O2. The molecule has 1 aromatic rings. The van der Waals surface area contributed by atoms with Gasteiger partial charge in [-0.3, -0.25) is 9.69 Å². The number of piperidine rings is 1. The Bertz CT molecular complexity index is 450. The molecule has 0 saturated carbocycles. The summed E-state index contributed by atoms with van der Waals surface area (Å²) in [5.41, 5.74) is 1.03. The first-order valence-corrected chi connectivity index (χ1v) is 7.37. The fraction of sp³-hybridized carbons (Fsp3) is 0.533. The van der Waals surface area contributed by atoms with E-state index in [1.54, 1.807) is 0 Å². The van der Waals surface area contributed by atoms with E-state index in [9.17, 15) is 9.90 Å². The van der Waals surface area contributed by atoms with Gasteiger partial charge in [0.05, 0.1) is 18.7 Å². The van der Waals surface area contributed by atoms with E-state index in [-0.39, 0.29) is 18.1 Å². The number of nitrogens with one attached hydrogen (secondary N) is 1. The highest BCUT2D eigenvalue weighted by atomic mass is 35.5. The first-order valence-electron chi connectivity index (χ1n) is 7.00. The van der Waals surface area contributed by atoms with Crippen molar-refractivity contribution in [2.24, 2.45) is 0 Å². The van der Waals surface area contributed by atoms with E-state index in [1.807, 2.05) is 36.1 Å². The predicted molar refractivity (Wildman–Crippen MR) is 79.7 cm³/mol. The number of aliphatic hydroxyl groups excluding tert-OH is 1. The molecule has 1 aliphatic rings. The summed E-state index contributed by atoms with van der Waals surface area (Å²) in [6, 6.07) is 7.42. The summed E-state index contributed by atoms with van der Waals surface area (Å²) in [6.07, 6.45) is 1.48. The van der Waals surface area contributed by atoms with E-state index >= 15 is 0 Å². The molecule has 1 heterocycles. The number of carbonyl (C=O) groups is 1. The molecule has 0 bridgehead atoms. The van der Waals surface area contributed by atoms with Crippen LogP contribution in [0.15, 0.2) is 24.3 Å². The summed E-state index contributed by atoms with van der Waals surface area (Å²) < 4.78 is 0. The van der Waals surface area contributed by atoms with Crippen LogP contribution in [0.2, 0.25) is 5.02 Å². The average molecular weight is 297 g/mol. The van der Waals surface area contributed by atoms with E-state index < -0.39 is 0 Å². The van der Waals surface area contributed by atoms with Crippen LogP contribution in [0.4, 0.5) is 0 Å². The SMILES string of the molecule is CC(NC(=O)CN1CCCC(O)C1)c1ccc(Cl)cc1. The Morgan fingerprint density at radius 3 is 2.85 bits per heavy atom. The zero-order valence-corrected chi connectivity index (χ0v) is 12.4. The molecule has 2 atom stereocenters. The summed E-state index contributed by atoms with van der Waals surface area (Å²) in [5, 5.41) is 13.3. The number of halogens is 1. The van der Waals surface area contributed by atoms with Crippen LogP contribution in [0, 0.1) is 0 Å². The molecule has 0 spiro atoms. The second-order valence-corrected chi connectivity index (χ2v) is 5.81. The fourth-order valence-corrected chi connectivity index (χ4v) is 2.63. The summed E-state index contributed by atoms with van der Waals surface area (Å²) in [5.74, 6) is -0.0125. The Labute approximate surface area is 124 Å². The Morgan fingerprint density at radius 2 is 2.20 bits per heavy atom. The second-order valence-electron chi connectivity index (χ2n) is 5.37. The molecule has 2 unspecified atom stereocenters. The molecule has 2 rings (SSSR count). The van der Waals surface area contributed by atoms with Crippen molar-refractivity contribution in [3.8, 4) is 0 Å². The maximum atomic E-state index is 12.0. The topological polar surface area (TPSA) is 52.6 Å². The number of β-amino-alcohol motifs (C(OH)–C–C–N with tert-alkyl or cyclic N) is 1. The fourth-order valence-electron chi connectivity index (χ4n) is 2.50. The maximum absolute atomic E-state index is 12.0. The van der Waals surface area contributed by atoms with Crippen LogP contribution in [0.5, 0.6) is 0 Å². The lowest BCUT2D eigenvalue weighted by Gasteiger charge is -2.29. The molecule has 0 aromatic heterocycles. The van der Waals surface area contributed by atoms with Crippen molar-refractivity contribution in [2.75, 3.05) is 19.6 Å². The van der Waals surface area contributed by atoms with E-state index in [0.29, 0.717) is 18.1 Å². The van der Waals surface area contributed by atoms with Crippen LogP contribution in [0.25, 0.3) is 0 Å². The van der Waals surface area contributed by atoms with Crippen molar-refractivity contribution in [1.29, 1.82) is 0 Å². The molecule has 110 valence electrons. The van der Waals surface area contributed by atoms with Gasteiger partial charge < -0.3 is 10.4 Å². The Balaban J connectivity index is 1.83. The third-order valence-corrected chi connectivity index (χ3v) is 3.85. The summed E-state index contributed by atoms with van der Waals surface area (Å²) in [7, 11) is 0. The van der Waals surface area contributed by atoms with Crippen LogP contribution in [-0.4, -0.2) is 41.7 Å². The molecule has 2 N–H and O–H groups in total. The molecule has 1 amide bonds. The van der Waals surface area contributed by atoms with Gasteiger partial charge in [-0.1, -0.05) is 23.7 Å². The summed E-state index contributed by atoms with van der Waals surface area (Å²) in [6.45, 7) is 3.75. The monoisotopic (exact) mass is 296 g/mol. The smallest absolute Gasteiger partial charge is 0.234 e. The van der Waals surface area contributed by atoms with Gasteiger partial charge in [0, 0.05) is 11.6 Å². The number of hydrogen-bond acceptors (Lipinski definition) is 3. The van der Waals surface area contributed by atoms with Crippen molar-refractivity contribution < 1.29 is 9.90 Å². The number of amides is 1. The quantitative estimate of drug-likeness (QED) is 0.893. The highest BCUT2D eigenvalue weighted by Crippen LogP contribution is 2.16. The number of likely N-dealkylation sites (tertiary alicyclic amines) is 1. The largest absolute Gasteiger partial charge is 0.392 e. The third-order valence-electron chi connectivity index (χ3n) is 3.60. The zero-order valence-electron chi connectivity index (χ0n) is 11.7. The molecule has 1 aliphatic heterocycles. The number of benzene rings is 1. The highest BCUT2D eigenvalue weighted by Gasteiger charge is 2.20. The summed E-state index contributed by atoms with van der Waals surface area (Å²) >= 11 is 5.85. The molecule has 4 nitrogen and oxygen atoms in total. The Morgan fingerprint density at radius 1 is 1.50 bits per heavy atom. The summed E-state index contributed by atoms with van der Waals surface area (Å²) in [4.78, 5) is 14.0. The lowest BCUT2D eigenvalue weighted by Crippen LogP contribution is -2.44. The third kappa shape index (κ3) is 4.47. The highest BCUT2D eigenvalue weighted by molar-refractivity contribution is 6.30. The van der Waals surface area contributed by atoms with Crippen LogP contribution >= 0.6 is 11.6 Å². The lowest BCUT2D eigenvalue weighted by atomic mass is 10.1. The van der Waals surface area contributed by atoms with Gasteiger partial charge in [0.1, 0.15) is 0 Å². The van der Waals surface area contributed by atoms with Gasteiger partial charge in [0.15, 0.2) is 0 Å². The van der Waals surface area contributed by atoms with Gasteiger partial charge in [0.25, 0.3) is 0 Å². The zero-order chi connectivity index (χ0) is 14.5. The van der Waals surface area contributed by atoms with Crippen molar-refractivity contribution in [1.82, 2.24) is 10.2 Å². The van der Waals surface area contributed by atoms with Crippen LogP contribution in [0.3, 0.4) is 0 Å². The van der Waals surface area contributed by atoms with Gasteiger partial charge in [-0.25, -0.2) is 0 Å². The number of aliphatic hydroxyl groups is 1. The van der Waals surface area contributed by atoms with Gasteiger partial charge in [0.2, 0.25) is 5.91 Å². The molecule has 1 saturated heterocycles. The van der Waals surface area contributed by atoms with Gasteiger partial charge in [-0.2, -0.15) is 0 Å². The first-order chi connectivity index (χ1) is 9.54. The van der Waals surface area contributed by atoms with Crippen molar-refractivity contribution in [3.05, 3.63) is 34.9 Å². The van der Waals surface area contributed by atoms with Crippen molar-refractivity contribution in [3.63, 3.8) is 0 Å². The van der Waals surface area contributed by atoms with Gasteiger partial charge >= 0.3 is 0 Å². The van der Waals surface area contributed by atoms with Crippen LogP contribution in [-0.2, 0) is 4.79 Å². The van der Waals surface area contributed by atoms with Gasteiger partial charge in [-0.15, -0.1) is 0 Å². The van der Waals surface area contributed by atoms with Gasteiger partial charge in [-0.05, 0) is 44.0 Å². The first kappa shape index (κ1) is 15.3. The molecular weight excluding hydrogens is 276 g/mol. The molecule has 20 heavy (non-hydrogen) atoms. The number of hydrogen-bond donors (Lipinski definition) is 2. The minimum Gasteiger partial charge on any atom is -0.392 e. The molecule has 1 aromatic carbocycles. The molecule has 0 radical (unpaired) electrons. The van der Waals surface area contributed by atoms with Crippen LogP contribution < -0.4 is 5.32 Å². The lowest BCUT2D eigenvalue weighted by molar-refractivity contribution is -0.123. The molecule has 1 fully saturated rings. The number of nitrogens with zero attached hydrogens (tertiary/aromatic N) is 1. The van der Waals surface area contributed by atoms with Crippen molar-refractivity contribution >= 4 is 17.5 Å². The van der Waals surface area contributed by atoms with Crippen molar-refractivity contribution in [2.45, 2.75) is 31.9 Å². The normalized spacial score (nSPS) is 21.4. The molecule has 0 aliphatic carbocycles. The average Bonchev–Trinajstić information content (AvgIpc) is 2.39. The predicted octanol–water partition coefficient (Wildman–Crippen LogP) is 1.97. The Hall–Kier alpha value is -1.10. The van der Waals surface area contributed by atoms with E-state index in [4.69, 9.17) is 11.6 Å². The Kier molecular flexibility index (Phi) is 5.40. The van der Waals surface area contributed by atoms with E-state index in [2.05, 4.69) is 5.32 Å². The number of rotatable bonds is 4.